The second kappa shape index (κ2) is 5.57. The number of imidazole rings is 1. The molecular weight excluding hydrogens is 294 g/mol. The summed E-state index contributed by atoms with van der Waals surface area (Å²) in [7, 11) is -2.18. The summed E-state index contributed by atoms with van der Waals surface area (Å²) in [5.74, 6) is -1.11. The molecule has 0 saturated carbocycles. The minimum absolute atomic E-state index is 0.0194. The third kappa shape index (κ3) is 3.22. The van der Waals surface area contributed by atoms with Gasteiger partial charge in [-0.1, -0.05) is 13.0 Å². The molecule has 0 bridgehead atoms. The zero-order chi connectivity index (χ0) is 15.6. The number of nitrogens with zero attached hydrogens (tertiary/aromatic N) is 2. The average molecular weight is 309 g/mol. The number of sulfonamides is 1. The Morgan fingerprint density at radius 3 is 2.67 bits per heavy atom. The molecule has 21 heavy (non-hydrogen) atoms. The predicted molar refractivity (Wildman–Crippen MR) is 76.8 cm³/mol. The molecule has 0 fully saturated rings. The highest BCUT2D eigenvalue weighted by Crippen LogP contribution is 2.22. The van der Waals surface area contributed by atoms with Crippen LogP contribution in [0.25, 0.3) is 0 Å². The van der Waals surface area contributed by atoms with Crippen LogP contribution in [-0.4, -0.2) is 29.0 Å². The molecule has 0 amide bonds. The Morgan fingerprint density at radius 2 is 2.14 bits per heavy atom. The van der Waals surface area contributed by atoms with Crippen LogP contribution in [0.3, 0.4) is 0 Å². The van der Waals surface area contributed by atoms with Gasteiger partial charge in [-0.2, -0.15) is 8.42 Å². The molecule has 0 unspecified atom stereocenters. The molecule has 0 saturated heterocycles. The fraction of sp³-hybridized carbons (Fsp3) is 0.231. The number of hydrogen-bond donors (Lipinski definition) is 2. The summed E-state index contributed by atoms with van der Waals surface area (Å²) in [5, 5.41) is 8.88. The largest absolute Gasteiger partial charge is 0.478 e. The number of aromatic nitrogens is 2. The molecule has 0 aliphatic heterocycles. The number of carbonyl (C=O) groups is 1. The number of benzene rings is 1. The summed E-state index contributed by atoms with van der Waals surface area (Å²) in [5.41, 5.74) is 0.980. The number of aromatic carboxylic acids is 1. The highest BCUT2D eigenvalue weighted by atomic mass is 32.2. The first-order chi connectivity index (χ1) is 9.83. The molecule has 1 aromatic carbocycles. The average Bonchev–Trinajstić information content (AvgIpc) is 2.85. The summed E-state index contributed by atoms with van der Waals surface area (Å²) < 4.78 is 28.4. The normalized spacial score (nSPS) is 11.3. The fourth-order valence-electron chi connectivity index (χ4n) is 1.84. The number of aryl methyl sites for hydroxylation is 2. The van der Waals surface area contributed by atoms with Crippen LogP contribution in [0.2, 0.25) is 0 Å². The molecule has 2 N–H and O–H groups in total. The highest BCUT2D eigenvalue weighted by Gasteiger charge is 2.19. The summed E-state index contributed by atoms with van der Waals surface area (Å²) in [6.45, 7) is 1.86. The van der Waals surface area contributed by atoms with E-state index in [0.717, 1.165) is 0 Å². The van der Waals surface area contributed by atoms with Crippen LogP contribution in [-0.2, 0) is 23.5 Å². The molecule has 0 radical (unpaired) electrons. The topological polar surface area (TPSA) is 101 Å². The maximum absolute atomic E-state index is 12.2. The Bertz CT molecular complexity index is 780. The number of nitrogens with one attached hydrogen (secondary N) is 1. The fourth-order valence-corrected chi connectivity index (χ4v) is 2.91. The van der Waals surface area contributed by atoms with E-state index < -0.39 is 16.0 Å². The van der Waals surface area contributed by atoms with Crippen LogP contribution >= 0.6 is 0 Å². The zero-order valence-electron chi connectivity index (χ0n) is 11.6. The van der Waals surface area contributed by atoms with Crippen molar-refractivity contribution in [1.82, 2.24) is 9.55 Å². The van der Waals surface area contributed by atoms with Crippen molar-refractivity contribution in [1.29, 1.82) is 0 Å². The van der Waals surface area contributed by atoms with Gasteiger partial charge in [0.15, 0.2) is 5.03 Å². The minimum atomic E-state index is -3.84. The van der Waals surface area contributed by atoms with Gasteiger partial charge in [0.05, 0.1) is 17.6 Å². The SMILES string of the molecule is CCc1ccc(C(=O)O)cc1NS(=O)(=O)c1cn(C)cn1. The van der Waals surface area contributed by atoms with Gasteiger partial charge in [-0.3, -0.25) is 4.72 Å². The van der Waals surface area contributed by atoms with Crippen molar-refractivity contribution in [3.8, 4) is 0 Å². The Kier molecular flexibility index (Phi) is 3.99. The smallest absolute Gasteiger partial charge is 0.335 e. The van der Waals surface area contributed by atoms with Crippen molar-refractivity contribution >= 4 is 21.7 Å². The molecule has 8 heteroatoms. The minimum Gasteiger partial charge on any atom is -0.478 e. The van der Waals surface area contributed by atoms with Gasteiger partial charge < -0.3 is 9.67 Å². The van der Waals surface area contributed by atoms with Crippen LogP contribution in [0.15, 0.2) is 35.7 Å². The van der Waals surface area contributed by atoms with E-state index in [2.05, 4.69) is 9.71 Å². The monoisotopic (exact) mass is 309 g/mol. The molecule has 0 spiro atoms. The lowest BCUT2D eigenvalue weighted by Gasteiger charge is -2.11. The van der Waals surface area contributed by atoms with Crippen molar-refractivity contribution in [2.24, 2.45) is 7.05 Å². The summed E-state index contributed by atoms with van der Waals surface area (Å²) in [4.78, 5) is 14.8. The molecule has 7 nitrogen and oxygen atoms in total. The summed E-state index contributed by atoms with van der Waals surface area (Å²) in [6, 6.07) is 4.35. The van der Waals surface area contributed by atoms with E-state index in [1.165, 1.54) is 29.2 Å². The number of carboxylic acids is 1. The predicted octanol–water partition coefficient (Wildman–Crippen LogP) is 1.48. The molecule has 1 heterocycles. The second-order valence-electron chi connectivity index (χ2n) is 4.51. The van der Waals surface area contributed by atoms with Crippen LogP contribution in [0.5, 0.6) is 0 Å². The van der Waals surface area contributed by atoms with Crippen LogP contribution in [0, 0.1) is 0 Å². The zero-order valence-corrected chi connectivity index (χ0v) is 12.4. The molecule has 1 aromatic heterocycles. The highest BCUT2D eigenvalue weighted by molar-refractivity contribution is 7.92. The maximum atomic E-state index is 12.2. The van der Waals surface area contributed by atoms with E-state index in [9.17, 15) is 13.2 Å². The molecule has 112 valence electrons. The van der Waals surface area contributed by atoms with E-state index >= 15 is 0 Å². The molecule has 2 rings (SSSR count). The van der Waals surface area contributed by atoms with Gasteiger partial charge in [0.1, 0.15) is 0 Å². The van der Waals surface area contributed by atoms with Gasteiger partial charge in [-0.15, -0.1) is 0 Å². The van der Waals surface area contributed by atoms with Crippen molar-refractivity contribution in [3.63, 3.8) is 0 Å². The van der Waals surface area contributed by atoms with Gasteiger partial charge in [-0.25, -0.2) is 9.78 Å². The number of carboxylic acid groups (broad SMARTS) is 1. The quantitative estimate of drug-likeness (QED) is 0.871. The second-order valence-corrected chi connectivity index (χ2v) is 6.14. The standard InChI is InChI=1S/C13H15N3O4S/c1-3-9-4-5-10(13(17)18)6-11(9)15-21(19,20)12-7-16(2)8-14-12/h4-8,15H,3H2,1-2H3,(H,17,18). The van der Waals surface area contributed by atoms with E-state index in [0.29, 0.717) is 12.0 Å². The van der Waals surface area contributed by atoms with Gasteiger partial charge >= 0.3 is 5.97 Å². The van der Waals surface area contributed by atoms with Crippen molar-refractivity contribution < 1.29 is 18.3 Å². The third-order valence-corrected chi connectivity index (χ3v) is 4.19. The Hall–Kier alpha value is -2.35. The molecule has 0 aliphatic rings. The van der Waals surface area contributed by atoms with Gasteiger partial charge in [0.25, 0.3) is 10.0 Å². The van der Waals surface area contributed by atoms with Crippen LogP contribution in [0.4, 0.5) is 5.69 Å². The van der Waals surface area contributed by atoms with Crippen molar-refractivity contribution in [2.75, 3.05) is 4.72 Å². The number of rotatable bonds is 5. The van der Waals surface area contributed by atoms with Crippen molar-refractivity contribution in [3.05, 3.63) is 41.9 Å². The maximum Gasteiger partial charge on any atom is 0.335 e. The molecule has 0 atom stereocenters. The lowest BCUT2D eigenvalue weighted by atomic mass is 10.1. The van der Waals surface area contributed by atoms with E-state index in [4.69, 9.17) is 5.11 Å². The third-order valence-electron chi connectivity index (χ3n) is 2.94. The summed E-state index contributed by atoms with van der Waals surface area (Å²) >= 11 is 0. The van der Waals surface area contributed by atoms with E-state index in [1.807, 2.05) is 6.92 Å². The first-order valence-corrected chi connectivity index (χ1v) is 7.69. The van der Waals surface area contributed by atoms with E-state index in [-0.39, 0.29) is 16.3 Å². The van der Waals surface area contributed by atoms with Crippen molar-refractivity contribution in [2.45, 2.75) is 18.4 Å². The Balaban J connectivity index is 2.42. The van der Waals surface area contributed by atoms with Crippen LogP contribution in [0.1, 0.15) is 22.8 Å². The number of hydrogen-bond acceptors (Lipinski definition) is 4. The first kappa shape index (κ1) is 15.0. The van der Waals surface area contributed by atoms with Gasteiger partial charge in [0, 0.05) is 13.2 Å². The Morgan fingerprint density at radius 1 is 1.43 bits per heavy atom. The van der Waals surface area contributed by atoms with Gasteiger partial charge in [0.2, 0.25) is 0 Å². The molecule has 0 aliphatic carbocycles. The van der Waals surface area contributed by atoms with Gasteiger partial charge in [-0.05, 0) is 24.1 Å². The number of anilines is 1. The first-order valence-electron chi connectivity index (χ1n) is 6.20. The lowest BCUT2D eigenvalue weighted by molar-refractivity contribution is 0.0697. The molecule has 2 aromatic rings. The molecular formula is C13H15N3O4S. The Labute approximate surface area is 122 Å². The van der Waals surface area contributed by atoms with E-state index in [1.54, 1.807) is 13.1 Å². The summed E-state index contributed by atoms with van der Waals surface area (Å²) in [6.07, 6.45) is 3.32. The van der Waals surface area contributed by atoms with Crippen LogP contribution < -0.4 is 4.72 Å². The lowest BCUT2D eigenvalue weighted by Crippen LogP contribution is -2.15.